The molecule has 146 valence electrons. The number of amides is 1. The van der Waals surface area contributed by atoms with Crippen molar-refractivity contribution in [1.29, 1.82) is 5.26 Å². The first-order valence-corrected chi connectivity index (χ1v) is 9.12. The molecule has 3 aromatic rings. The maximum absolute atomic E-state index is 13.1. The summed E-state index contributed by atoms with van der Waals surface area (Å²) in [5, 5.41) is 15.2. The fourth-order valence-corrected chi connectivity index (χ4v) is 2.91. The number of carbonyl (C=O) groups is 1. The van der Waals surface area contributed by atoms with Crippen molar-refractivity contribution in [3.8, 4) is 11.8 Å². The predicted octanol–water partition coefficient (Wildman–Crippen LogP) is 3.62. The first-order chi connectivity index (χ1) is 14.1. The number of carbonyl (C=O) groups excluding carboxylic acids is 1. The average molecular weight is 386 g/mol. The molecule has 1 unspecified atom stereocenters. The summed E-state index contributed by atoms with van der Waals surface area (Å²) in [6.45, 7) is 0.398. The van der Waals surface area contributed by atoms with Gasteiger partial charge in [0.1, 0.15) is 11.8 Å². The van der Waals surface area contributed by atoms with Crippen LogP contribution >= 0.6 is 0 Å². The van der Waals surface area contributed by atoms with E-state index in [1.807, 2.05) is 30.3 Å². The van der Waals surface area contributed by atoms with Gasteiger partial charge in [-0.05, 0) is 48.0 Å². The molecule has 0 aliphatic heterocycles. The molecule has 0 aliphatic rings. The van der Waals surface area contributed by atoms with Gasteiger partial charge in [-0.3, -0.25) is 4.79 Å². The normalized spacial score (nSPS) is 11.2. The molecule has 6 heteroatoms. The second kappa shape index (κ2) is 9.29. The van der Waals surface area contributed by atoms with Crippen molar-refractivity contribution in [2.75, 3.05) is 18.2 Å². The molecule has 0 radical (unpaired) electrons. The second-order valence-electron chi connectivity index (χ2n) is 6.46. The Balaban J connectivity index is 1.87. The predicted molar refractivity (Wildman–Crippen MR) is 113 cm³/mol. The van der Waals surface area contributed by atoms with Crippen LogP contribution in [0.3, 0.4) is 0 Å². The van der Waals surface area contributed by atoms with Crippen LogP contribution in [-0.4, -0.2) is 13.0 Å². The Morgan fingerprint density at radius 1 is 1.10 bits per heavy atom. The molecule has 0 bridgehead atoms. The van der Waals surface area contributed by atoms with Crippen LogP contribution < -0.4 is 21.1 Å². The summed E-state index contributed by atoms with van der Waals surface area (Å²) in [7, 11) is 1.56. The third-order valence-electron chi connectivity index (χ3n) is 4.50. The number of nitrogens with zero attached hydrogens (tertiary/aromatic N) is 1. The largest absolute Gasteiger partial charge is 0.497 e. The first-order valence-electron chi connectivity index (χ1n) is 9.12. The van der Waals surface area contributed by atoms with Crippen LogP contribution in [0.1, 0.15) is 22.7 Å². The molecule has 4 N–H and O–H groups in total. The van der Waals surface area contributed by atoms with E-state index in [9.17, 15) is 4.79 Å². The topological polar surface area (TPSA) is 100 Å². The Labute approximate surface area is 169 Å². The molecule has 0 heterocycles. The molecule has 0 aliphatic carbocycles. The quantitative estimate of drug-likeness (QED) is 0.539. The van der Waals surface area contributed by atoms with E-state index in [1.54, 1.807) is 49.6 Å². The number of ether oxygens (including phenoxy) is 1. The average Bonchev–Trinajstić information content (AvgIpc) is 2.77. The summed E-state index contributed by atoms with van der Waals surface area (Å²) in [6.07, 6.45) is 0. The molecule has 6 nitrogen and oxygen atoms in total. The molecule has 0 saturated heterocycles. The molecule has 29 heavy (non-hydrogen) atoms. The highest BCUT2D eigenvalue weighted by Crippen LogP contribution is 2.29. The Bertz CT molecular complexity index is 1010. The number of hydrogen-bond acceptors (Lipinski definition) is 5. The molecular weight excluding hydrogens is 364 g/mol. The lowest BCUT2D eigenvalue weighted by molar-refractivity contribution is -0.122. The van der Waals surface area contributed by atoms with Crippen LogP contribution in [0.4, 0.5) is 11.4 Å². The zero-order valence-electron chi connectivity index (χ0n) is 16.1. The van der Waals surface area contributed by atoms with Crippen LogP contribution in [-0.2, 0) is 11.3 Å². The molecule has 0 aromatic heterocycles. The van der Waals surface area contributed by atoms with E-state index in [0.717, 1.165) is 5.56 Å². The maximum Gasteiger partial charge on any atom is 0.247 e. The molecule has 0 fully saturated rings. The van der Waals surface area contributed by atoms with E-state index in [0.29, 0.717) is 34.8 Å². The Morgan fingerprint density at radius 3 is 2.48 bits per heavy atom. The number of nitrogens with one attached hydrogen (secondary N) is 2. The van der Waals surface area contributed by atoms with Gasteiger partial charge in [-0.2, -0.15) is 5.26 Å². The molecule has 3 aromatic carbocycles. The Kier molecular flexibility index (Phi) is 6.33. The minimum absolute atomic E-state index is 0.224. The number of nitrogen functional groups attached to an aromatic ring is 1. The summed E-state index contributed by atoms with van der Waals surface area (Å²) in [5.41, 5.74) is 9.50. The summed E-state index contributed by atoms with van der Waals surface area (Å²) in [4.78, 5) is 13.1. The van der Waals surface area contributed by atoms with E-state index in [1.165, 1.54) is 0 Å². The monoisotopic (exact) mass is 386 g/mol. The number of rotatable bonds is 7. The van der Waals surface area contributed by atoms with E-state index in [2.05, 4.69) is 16.7 Å². The summed E-state index contributed by atoms with van der Waals surface area (Å²) in [6, 6.07) is 23.1. The second-order valence-corrected chi connectivity index (χ2v) is 6.46. The third-order valence-corrected chi connectivity index (χ3v) is 4.50. The van der Waals surface area contributed by atoms with Crippen molar-refractivity contribution in [3.05, 3.63) is 89.5 Å². The fraction of sp³-hybridized carbons (Fsp3) is 0.130. The van der Waals surface area contributed by atoms with Crippen LogP contribution in [0, 0.1) is 11.3 Å². The summed E-state index contributed by atoms with van der Waals surface area (Å²) >= 11 is 0. The van der Waals surface area contributed by atoms with Gasteiger partial charge in [0.15, 0.2) is 0 Å². The van der Waals surface area contributed by atoms with Gasteiger partial charge in [-0.25, -0.2) is 0 Å². The van der Waals surface area contributed by atoms with Gasteiger partial charge in [0, 0.05) is 23.5 Å². The highest BCUT2D eigenvalue weighted by Gasteiger charge is 2.23. The molecule has 1 atom stereocenters. The lowest BCUT2D eigenvalue weighted by Crippen LogP contribution is -2.33. The number of nitrogens with two attached hydrogens (primary N) is 1. The first kappa shape index (κ1) is 19.8. The maximum atomic E-state index is 13.1. The van der Waals surface area contributed by atoms with Crippen LogP contribution in [0.5, 0.6) is 5.75 Å². The van der Waals surface area contributed by atoms with E-state index >= 15 is 0 Å². The molecule has 1 amide bonds. The van der Waals surface area contributed by atoms with Crippen molar-refractivity contribution in [3.63, 3.8) is 0 Å². The molecule has 3 rings (SSSR count). The van der Waals surface area contributed by atoms with Crippen molar-refractivity contribution < 1.29 is 9.53 Å². The highest BCUT2D eigenvalue weighted by molar-refractivity contribution is 5.88. The third kappa shape index (κ3) is 5.05. The van der Waals surface area contributed by atoms with Gasteiger partial charge < -0.3 is 21.1 Å². The van der Waals surface area contributed by atoms with Crippen LogP contribution in [0.25, 0.3) is 0 Å². The summed E-state index contributed by atoms with van der Waals surface area (Å²) in [5.74, 6) is 0.384. The van der Waals surface area contributed by atoms with Gasteiger partial charge in [0.25, 0.3) is 0 Å². The SMILES string of the molecule is COc1ccc(N)c(C(Nc2ccc(C#N)cc2)C(=O)NCc2ccccc2)c1. The minimum Gasteiger partial charge on any atom is -0.497 e. The lowest BCUT2D eigenvalue weighted by Gasteiger charge is -2.22. The molecule has 0 saturated carbocycles. The number of methoxy groups -OCH3 is 1. The van der Waals surface area contributed by atoms with E-state index < -0.39 is 6.04 Å². The zero-order chi connectivity index (χ0) is 20.6. The van der Waals surface area contributed by atoms with Gasteiger partial charge in [-0.15, -0.1) is 0 Å². The standard InChI is InChI=1S/C23H22N4O2/c1-29-19-11-12-21(25)20(13-19)22(27-18-9-7-16(14-24)8-10-18)23(28)26-15-17-5-3-2-4-6-17/h2-13,22,27H,15,25H2,1H3,(H,26,28). The lowest BCUT2D eigenvalue weighted by atomic mass is 10.0. The van der Waals surface area contributed by atoms with Crippen molar-refractivity contribution in [2.45, 2.75) is 12.6 Å². The number of nitriles is 1. The smallest absolute Gasteiger partial charge is 0.247 e. The molecule has 0 spiro atoms. The minimum atomic E-state index is -0.734. The van der Waals surface area contributed by atoms with E-state index in [-0.39, 0.29) is 5.91 Å². The van der Waals surface area contributed by atoms with Gasteiger partial charge in [0.2, 0.25) is 5.91 Å². The van der Waals surface area contributed by atoms with Gasteiger partial charge in [0.05, 0.1) is 18.7 Å². The van der Waals surface area contributed by atoms with E-state index in [4.69, 9.17) is 15.7 Å². The Hall–Kier alpha value is -3.98. The van der Waals surface area contributed by atoms with Crippen LogP contribution in [0.15, 0.2) is 72.8 Å². The van der Waals surface area contributed by atoms with Gasteiger partial charge in [-0.1, -0.05) is 30.3 Å². The number of benzene rings is 3. The van der Waals surface area contributed by atoms with Crippen molar-refractivity contribution in [2.24, 2.45) is 0 Å². The van der Waals surface area contributed by atoms with Crippen molar-refractivity contribution >= 4 is 17.3 Å². The Morgan fingerprint density at radius 2 is 1.83 bits per heavy atom. The van der Waals surface area contributed by atoms with Gasteiger partial charge >= 0.3 is 0 Å². The van der Waals surface area contributed by atoms with Crippen LogP contribution in [0.2, 0.25) is 0 Å². The number of anilines is 2. The fourth-order valence-electron chi connectivity index (χ4n) is 2.91. The molecular formula is C23H22N4O2. The number of hydrogen-bond donors (Lipinski definition) is 3. The summed E-state index contributed by atoms with van der Waals surface area (Å²) < 4.78 is 5.30. The zero-order valence-corrected chi connectivity index (χ0v) is 16.1. The highest BCUT2D eigenvalue weighted by atomic mass is 16.5. The van der Waals surface area contributed by atoms with Crippen molar-refractivity contribution in [1.82, 2.24) is 5.32 Å².